The van der Waals surface area contributed by atoms with Crippen molar-refractivity contribution in [2.24, 2.45) is 0 Å². The fourth-order valence-electron chi connectivity index (χ4n) is 1.24. The van der Waals surface area contributed by atoms with Gasteiger partial charge in [0.15, 0.2) is 6.29 Å². The molecule has 0 radical (unpaired) electrons. The fraction of sp³-hybridized carbons (Fsp3) is 0.125. The molecular weight excluding hydrogens is 112 g/mol. The molecule has 0 aromatic carbocycles. The van der Waals surface area contributed by atoms with E-state index in [-0.39, 0.29) is 0 Å². The molecule has 2 aliphatic carbocycles. The van der Waals surface area contributed by atoms with E-state index in [9.17, 15) is 4.79 Å². The summed E-state index contributed by atoms with van der Waals surface area (Å²) in [4.78, 5) is 10.3. The molecule has 0 aromatic heterocycles. The third-order valence-electron chi connectivity index (χ3n) is 1.83. The zero-order valence-corrected chi connectivity index (χ0v) is 5.14. The minimum Gasteiger partial charge on any atom is -0.298 e. The molecule has 0 atom stereocenters. The number of hydrogen-bond donors (Lipinski definition) is 0. The van der Waals surface area contributed by atoms with E-state index in [1.807, 2.05) is 19.1 Å². The normalized spacial score (nSPS) is 11.2. The SMILES string of the molecule is Cc1c2ccc(C=O)c1-2. The minimum atomic E-state index is 0.850. The lowest BCUT2D eigenvalue weighted by Crippen LogP contribution is -1.68. The Balaban J connectivity index is 2.63. The number of aldehydes is 1. The van der Waals surface area contributed by atoms with Crippen molar-refractivity contribution in [3.8, 4) is 11.1 Å². The topological polar surface area (TPSA) is 17.1 Å². The molecule has 0 aromatic rings. The van der Waals surface area contributed by atoms with Crippen molar-refractivity contribution in [1.29, 1.82) is 0 Å². The Labute approximate surface area is 53.3 Å². The molecule has 2 rings (SSSR count). The van der Waals surface area contributed by atoms with Gasteiger partial charge in [-0.3, -0.25) is 4.79 Å². The lowest BCUT2D eigenvalue weighted by Gasteiger charge is -1.74. The van der Waals surface area contributed by atoms with Crippen LogP contribution in [-0.2, 0) is 0 Å². The largest absolute Gasteiger partial charge is 0.298 e. The molecule has 2 aliphatic rings. The first kappa shape index (κ1) is 4.74. The molecule has 44 valence electrons. The molecule has 0 N–H and O–H groups in total. The van der Waals surface area contributed by atoms with E-state index in [0.29, 0.717) is 0 Å². The summed E-state index contributed by atoms with van der Waals surface area (Å²) in [5, 5.41) is 0. The maximum Gasteiger partial charge on any atom is 0.150 e. The zero-order valence-electron chi connectivity index (χ0n) is 5.14. The summed E-state index contributed by atoms with van der Waals surface area (Å²) in [5.41, 5.74) is 4.60. The Morgan fingerprint density at radius 1 is 1.44 bits per heavy atom. The van der Waals surface area contributed by atoms with Gasteiger partial charge in [-0.05, 0) is 23.6 Å². The third-order valence-corrected chi connectivity index (χ3v) is 1.83. The molecule has 0 heterocycles. The molecule has 0 fully saturated rings. The number of carbonyl (C=O) groups is 1. The highest BCUT2D eigenvalue weighted by Crippen LogP contribution is 2.44. The molecular formula is C8H6O. The van der Waals surface area contributed by atoms with Gasteiger partial charge in [0.05, 0.1) is 0 Å². The molecule has 0 bridgehead atoms. The maximum atomic E-state index is 10.3. The average Bonchev–Trinajstić information content (AvgIpc) is 2.41. The number of hydrogen-bond acceptors (Lipinski definition) is 1. The molecule has 0 unspecified atom stereocenters. The van der Waals surface area contributed by atoms with E-state index in [1.54, 1.807) is 0 Å². The number of aryl methyl sites for hydroxylation is 1. The molecule has 0 amide bonds. The molecule has 0 saturated heterocycles. The molecule has 9 heavy (non-hydrogen) atoms. The molecule has 0 spiro atoms. The monoisotopic (exact) mass is 118 g/mol. The summed E-state index contributed by atoms with van der Waals surface area (Å²) in [7, 11) is 0. The number of benzene rings is 1. The highest BCUT2D eigenvalue weighted by molar-refractivity contribution is 6.01. The molecule has 0 saturated carbocycles. The van der Waals surface area contributed by atoms with Crippen LogP contribution in [0.2, 0.25) is 0 Å². The first-order valence-corrected chi connectivity index (χ1v) is 2.94. The van der Waals surface area contributed by atoms with Crippen molar-refractivity contribution in [2.75, 3.05) is 0 Å². The van der Waals surface area contributed by atoms with Crippen LogP contribution in [0.25, 0.3) is 11.1 Å². The van der Waals surface area contributed by atoms with Crippen LogP contribution in [0.4, 0.5) is 0 Å². The van der Waals surface area contributed by atoms with Crippen LogP contribution < -0.4 is 0 Å². The lowest BCUT2D eigenvalue weighted by atomic mass is 10.3. The molecule has 1 nitrogen and oxygen atoms in total. The Morgan fingerprint density at radius 3 is 2.56 bits per heavy atom. The molecule has 1 heteroatoms. The summed E-state index contributed by atoms with van der Waals surface area (Å²) >= 11 is 0. The Bertz CT molecular complexity index is 287. The van der Waals surface area contributed by atoms with E-state index in [0.717, 1.165) is 11.8 Å². The summed E-state index contributed by atoms with van der Waals surface area (Å²) in [6, 6.07) is 3.86. The van der Waals surface area contributed by atoms with Crippen LogP contribution in [0.1, 0.15) is 15.9 Å². The predicted octanol–water partition coefficient (Wildman–Crippen LogP) is 1.79. The second-order valence-corrected chi connectivity index (χ2v) is 2.32. The van der Waals surface area contributed by atoms with Crippen LogP contribution in [0.3, 0.4) is 0 Å². The fourth-order valence-corrected chi connectivity index (χ4v) is 1.24. The van der Waals surface area contributed by atoms with Crippen molar-refractivity contribution in [3.05, 3.63) is 23.3 Å². The van der Waals surface area contributed by atoms with Crippen LogP contribution in [-0.4, -0.2) is 6.29 Å². The first-order chi connectivity index (χ1) is 4.34. The highest BCUT2D eigenvalue weighted by Gasteiger charge is 2.23. The lowest BCUT2D eigenvalue weighted by molar-refractivity contribution is 0.112. The van der Waals surface area contributed by atoms with Crippen LogP contribution in [0, 0.1) is 6.92 Å². The Hall–Kier alpha value is -1.11. The van der Waals surface area contributed by atoms with E-state index < -0.39 is 0 Å². The standard InChI is InChI=1S/C8H6O/c1-5-7-3-2-6(4-9)8(5)7/h2-4H,1H3. The van der Waals surface area contributed by atoms with Crippen LogP contribution in [0.15, 0.2) is 12.1 Å². The van der Waals surface area contributed by atoms with E-state index in [4.69, 9.17) is 0 Å². The first-order valence-electron chi connectivity index (χ1n) is 2.94. The van der Waals surface area contributed by atoms with Crippen molar-refractivity contribution in [1.82, 2.24) is 0 Å². The smallest absolute Gasteiger partial charge is 0.150 e. The quantitative estimate of drug-likeness (QED) is 0.522. The van der Waals surface area contributed by atoms with Gasteiger partial charge in [0.2, 0.25) is 0 Å². The van der Waals surface area contributed by atoms with Gasteiger partial charge < -0.3 is 0 Å². The number of rotatable bonds is 1. The summed E-state index contributed by atoms with van der Waals surface area (Å²) < 4.78 is 0. The van der Waals surface area contributed by atoms with Gasteiger partial charge in [-0.25, -0.2) is 0 Å². The van der Waals surface area contributed by atoms with Crippen molar-refractivity contribution in [3.63, 3.8) is 0 Å². The Kier molecular flexibility index (Phi) is 0.652. The van der Waals surface area contributed by atoms with Crippen molar-refractivity contribution in [2.45, 2.75) is 6.92 Å². The van der Waals surface area contributed by atoms with Gasteiger partial charge in [-0.2, -0.15) is 0 Å². The van der Waals surface area contributed by atoms with Gasteiger partial charge in [-0.15, -0.1) is 0 Å². The zero-order chi connectivity index (χ0) is 6.43. The van der Waals surface area contributed by atoms with E-state index >= 15 is 0 Å². The van der Waals surface area contributed by atoms with Gasteiger partial charge in [0.25, 0.3) is 0 Å². The second kappa shape index (κ2) is 1.24. The predicted molar refractivity (Wildman–Crippen MR) is 35.6 cm³/mol. The summed E-state index contributed by atoms with van der Waals surface area (Å²) in [6.07, 6.45) is 0.912. The van der Waals surface area contributed by atoms with E-state index in [2.05, 4.69) is 0 Å². The Morgan fingerprint density at radius 2 is 2.22 bits per heavy atom. The number of fused-ring (bicyclic) bond motifs is 1. The van der Waals surface area contributed by atoms with Crippen molar-refractivity contribution < 1.29 is 4.79 Å². The molecule has 0 aliphatic heterocycles. The maximum absolute atomic E-state index is 10.3. The van der Waals surface area contributed by atoms with Gasteiger partial charge >= 0.3 is 0 Å². The summed E-state index contributed by atoms with van der Waals surface area (Å²) in [6.45, 7) is 2.04. The van der Waals surface area contributed by atoms with Crippen molar-refractivity contribution >= 4 is 6.29 Å². The van der Waals surface area contributed by atoms with Gasteiger partial charge in [0.1, 0.15) is 0 Å². The second-order valence-electron chi connectivity index (χ2n) is 2.32. The van der Waals surface area contributed by atoms with Gasteiger partial charge in [0, 0.05) is 5.56 Å². The van der Waals surface area contributed by atoms with Crippen LogP contribution in [0.5, 0.6) is 0 Å². The number of carbonyl (C=O) groups excluding carboxylic acids is 1. The minimum absolute atomic E-state index is 0.850. The average molecular weight is 118 g/mol. The van der Waals surface area contributed by atoms with E-state index in [1.165, 1.54) is 16.7 Å². The summed E-state index contributed by atoms with van der Waals surface area (Å²) in [5.74, 6) is 0. The van der Waals surface area contributed by atoms with Gasteiger partial charge in [-0.1, -0.05) is 12.1 Å². The third kappa shape index (κ3) is 0.416. The van der Waals surface area contributed by atoms with Crippen LogP contribution >= 0.6 is 0 Å². The highest BCUT2D eigenvalue weighted by atomic mass is 16.1.